The quantitative estimate of drug-likeness (QED) is 0.543. The van der Waals surface area contributed by atoms with Crippen LogP contribution in [-0.4, -0.2) is 0 Å². The molecule has 3 nitrogen and oxygen atoms in total. The molecule has 0 aliphatic rings. The van der Waals surface area contributed by atoms with Crippen LogP contribution in [-0.2, 0) is 0 Å². The van der Waals surface area contributed by atoms with Crippen molar-refractivity contribution in [2.45, 2.75) is 13.8 Å². The topological polar surface area (TPSA) is 50.7 Å². The van der Waals surface area contributed by atoms with Crippen molar-refractivity contribution in [1.29, 1.82) is 0 Å². The first-order chi connectivity index (χ1) is 7.95. The normalized spacial score (nSPS) is 12.7. The molecule has 0 amide bonds. The summed E-state index contributed by atoms with van der Waals surface area (Å²) in [6.45, 7) is 14.8. The Labute approximate surface area is 103 Å². The van der Waals surface area contributed by atoms with Crippen molar-refractivity contribution < 1.29 is 0 Å². The van der Waals surface area contributed by atoms with E-state index in [1.165, 1.54) is 0 Å². The number of hydrogen-bond acceptors (Lipinski definition) is 3. The first-order valence-corrected chi connectivity index (χ1v) is 5.18. The molecule has 0 aromatic heterocycles. The van der Waals surface area contributed by atoms with Crippen LogP contribution in [0, 0.1) is 0 Å². The van der Waals surface area contributed by atoms with Crippen molar-refractivity contribution in [3.63, 3.8) is 0 Å². The van der Waals surface area contributed by atoms with E-state index in [1.54, 1.807) is 12.2 Å². The van der Waals surface area contributed by atoms with Gasteiger partial charge in [0.25, 0.3) is 0 Å². The summed E-state index contributed by atoms with van der Waals surface area (Å²) in [4.78, 5) is 0. The van der Waals surface area contributed by atoms with Crippen molar-refractivity contribution in [2.75, 3.05) is 0 Å². The van der Waals surface area contributed by atoms with Gasteiger partial charge in [-0.05, 0) is 32.1 Å². The van der Waals surface area contributed by atoms with Crippen LogP contribution < -0.4 is 5.73 Å². The molecule has 0 radical (unpaired) electrons. The van der Waals surface area contributed by atoms with Gasteiger partial charge in [0.2, 0.25) is 0 Å². The van der Waals surface area contributed by atoms with E-state index in [0.29, 0.717) is 11.4 Å². The second-order valence-corrected chi connectivity index (χ2v) is 3.49. The highest BCUT2D eigenvalue weighted by Gasteiger charge is 1.87. The Morgan fingerprint density at radius 1 is 1.00 bits per heavy atom. The van der Waals surface area contributed by atoms with Crippen LogP contribution in [0.25, 0.3) is 0 Å². The number of nitrogens with two attached hydrogens (primary N) is 1. The Hall–Kier alpha value is -2.16. The van der Waals surface area contributed by atoms with Gasteiger partial charge in [0.05, 0.1) is 11.4 Å². The Bertz CT molecular complexity index is 421. The molecule has 0 heterocycles. The van der Waals surface area contributed by atoms with Crippen LogP contribution in [0.4, 0.5) is 0 Å². The van der Waals surface area contributed by atoms with E-state index in [4.69, 9.17) is 5.73 Å². The number of nitrogens with zero attached hydrogens (tertiary/aromatic N) is 2. The smallest absolute Gasteiger partial charge is 0.0814 e. The fourth-order valence-corrected chi connectivity index (χ4v) is 0.773. The molecule has 0 saturated carbocycles. The van der Waals surface area contributed by atoms with E-state index in [-0.39, 0.29) is 0 Å². The second kappa shape index (κ2) is 8.05. The van der Waals surface area contributed by atoms with Gasteiger partial charge in [0.1, 0.15) is 0 Å². The Morgan fingerprint density at radius 3 is 2.12 bits per heavy atom. The van der Waals surface area contributed by atoms with Crippen molar-refractivity contribution in [1.82, 2.24) is 0 Å². The van der Waals surface area contributed by atoms with Gasteiger partial charge in [0.15, 0.2) is 0 Å². The first kappa shape index (κ1) is 14.8. The zero-order valence-electron chi connectivity index (χ0n) is 10.5. The maximum atomic E-state index is 5.38. The predicted octanol–water partition coefficient (Wildman–Crippen LogP) is 4.02. The molecule has 0 fully saturated rings. The lowest BCUT2D eigenvalue weighted by Gasteiger charge is -1.92. The van der Waals surface area contributed by atoms with Gasteiger partial charge >= 0.3 is 0 Å². The Balaban J connectivity index is 4.54. The third kappa shape index (κ3) is 8.81. The van der Waals surface area contributed by atoms with Gasteiger partial charge < -0.3 is 5.73 Å². The van der Waals surface area contributed by atoms with Crippen LogP contribution in [0.1, 0.15) is 13.8 Å². The summed E-state index contributed by atoms with van der Waals surface area (Å²) in [6, 6.07) is 0. The molecule has 0 rings (SSSR count). The highest BCUT2D eigenvalue weighted by Crippen LogP contribution is 2.06. The van der Waals surface area contributed by atoms with Gasteiger partial charge in [-0.25, -0.2) is 0 Å². The van der Waals surface area contributed by atoms with Crippen LogP contribution in [0.5, 0.6) is 0 Å². The van der Waals surface area contributed by atoms with E-state index in [2.05, 4.69) is 30.0 Å². The standard InChI is InChI=1S/C14H19N3/c1-6-14(10-7-11(2)3)17-16-13(5)9-8-12(4)15/h6-10H,2,4-5,15H2,1,3H3/b9-8-,10-7-,14-6+,17-16?. The average molecular weight is 229 g/mol. The van der Waals surface area contributed by atoms with E-state index < -0.39 is 0 Å². The maximum Gasteiger partial charge on any atom is 0.0814 e. The average Bonchev–Trinajstić information content (AvgIpc) is 2.26. The Kier molecular flexibility index (Phi) is 7.02. The van der Waals surface area contributed by atoms with Crippen LogP contribution in [0.3, 0.4) is 0 Å². The highest BCUT2D eigenvalue weighted by molar-refractivity contribution is 5.25. The summed E-state index contributed by atoms with van der Waals surface area (Å²) >= 11 is 0. The third-order valence-electron chi connectivity index (χ3n) is 1.62. The van der Waals surface area contributed by atoms with E-state index >= 15 is 0 Å². The zero-order chi connectivity index (χ0) is 13.3. The predicted molar refractivity (Wildman–Crippen MR) is 74.2 cm³/mol. The fourth-order valence-electron chi connectivity index (χ4n) is 0.773. The summed E-state index contributed by atoms with van der Waals surface area (Å²) in [7, 11) is 0. The van der Waals surface area contributed by atoms with Gasteiger partial charge in [-0.15, -0.1) is 0 Å². The molecule has 0 aromatic carbocycles. The molecular formula is C14H19N3. The van der Waals surface area contributed by atoms with Crippen molar-refractivity contribution >= 4 is 0 Å². The van der Waals surface area contributed by atoms with Gasteiger partial charge in [-0.1, -0.05) is 37.5 Å². The van der Waals surface area contributed by atoms with Crippen LogP contribution in [0.15, 0.2) is 83.0 Å². The van der Waals surface area contributed by atoms with Gasteiger partial charge in [-0.2, -0.15) is 10.2 Å². The molecule has 90 valence electrons. The monoisotopic (exact) mass is 229 g/mol. The molecule has 0 atom stereocenters. The van der Waals surface area contributed by atoms with Crippen molar-refractivity contribution in [3.05, 3.63) is 72.8 Å². The molecule has 17 heavy (non-hydrogen) atoms. The Morgan fingerprint density at radius 2 is 1.65 bits per heavy atom. The molecule has 0 unspecified atom stereocenters. The molecular weight excluding hydrogens is 210 g/mol. The van der Waals surface area contributed by atoms with Crippen LogP contribution >= 0.6 is 0 Å². The molecule has 0 aromatic rings. The number of hydrogen-bond donors (Lipinski definition) is 1. The fraction of sp³-hybridized carbons (Fsp3) is 0.143. The molecule has 0 aliphatic carbocycles. The van der Waals surface area contributed by atoms with Gasteiger partial charge in [-0.3, -0.25) is 0 Å². The van der Waals surface area contributed by atoms with Crippen LogP contribution in [0.2, 0.25) is 0 Å². The summed E-state index contributed by atoms with van der Waals surface area (Å²) in [5.74, 6) is 0. The zero-order valence-corrected chi connectivity index (χ0v) is 10.5. The molecule has 0 spiro atoms. The van der Waals surface area contributed by atoms with E-state index in [9.17, 15) is 0 Å². The molecule has 3 heteroatoms. The summed E-state index contributed by atoms with van der Waals surface area (Å²) in [6.07, 6.45) is 8.84. The summed E-state index contributed by atoms with van der Waals surface area (Å²) in [5, 5.41) is 7.97. The maximum absolute atomic E-state index is 5.38. The largest absolute Gasteiger partial charge is 0.399 e. The minimum Gasteiger partial charge on any atom is -0.399 e. The third-order valence-corrected chi connectivity index (χ3v) is 1.62. The highest BCUT2D eigenvalue weighted by atomic mass is 15.1. The number of azo groups is 1. The summed E-state index contributed by atoms with van der Waals surface area (Å²) < 4.78 is 0. The second-order valence-electron chi connectivity index (χ2n) is 3.49. The minimum atomic E-state index is 0.454. The van der Waals surface area contributed by atoms with Gasteiger partial charge in [0, 0.05) is 5.70 Å². The lowest BCUT2D eigenvalue weighted by molar-refractivity contribution is 1.12. The molecule has 0 aliphatic heterocycles. The lowest BCUT2D eigenvalue weighted by atomic mass is 10.3. The van der Waals surface area contributed by atoms with E-state index in [1.807, 2.05) is 32.1 Å². The van der Waals surface area contributed by atoms with Crippen molar-refractivity contribution in [3.8, 4) is 0 Å². The molecule has 0 bridgehead atoms. The lowest BCUT2D eigenvalue weighted by Crippen LogP contribution is -1.88. The molecule has 0 saturated heterocycles. The number of allylic oxidation sites excluding steroid dienone is 6. The van der Waals surface area contributed by atoms with Crippen molar-refractivity contribution in [2.24, 2.45) is 16.0 Å². The number of rotatable bonds is 6. The van der Waals surface area contributed by atoms with E-state index in [0.717, 1.165) is 11.3 Å². The minimum absolute atomic E-state index is 0.454. The SMILES string of the molecule is C=C(C)/C=C\C(=C/C)N=NC(=C)/C=C\C(=C)N. The molecule has 2 N–H and O–H groups in total. The first-order valence-electron chi connectivity index (χ1n) is 5.18. The summed E-state index contributed by atoms with van der Waals surface area (Å²) in [5.41, 5.74) is 8.04.